The molecule has 0 aromatic heterocycles. The van der Waals surface area contributed by atoms with Crippen LogP contribution in [0.1, 0.15) is 32.1 Å². The Morgan fingerprint density at radius 1 is 1.15 bits per heavy atom. The molecular formula is C11H14BrN. The highest BCUT2D eigenvalue weighted by molar-refractivity contribution is 9.09. The van der Waals surface area contributed by atoms with E-state index in [9.17, 15) is 5.26 Å². The summed E-state index contributed by atoms with van der Waals surface area (Å²) in [6.45, 7) is 0. The van der Waals surface area contributed by atoms with Crippen molar-refractivity contribution in [3.8, 4) is 6.07 Å². The molecule has 4 bridgehead atoms. The lowest BCUT2D eigenvalue weighted by Gasteiger charge is -2.56. The monoisotopic (exact) mass is 239 g/mol. The lowest BCUT2D eigenvalue weighted by molar-refractivity contribution is -0.00963. The van der Waals surface area contributed by atoms with Crippen LogP contribution < -0.4 is 0 Å². The van der Waals surface area contributed by atoms with Crippen LogP contribution in [0.3, 0.4) is 0 Å². The molecule has 0 aliphatic heterocycles. The van der Waals surface area contributed by atoms with Crippen molar-refractivity contribution in [3.05, 3.63) is 0 Å². The standard InChI is InChI=1S/C11H14BrN/c12-10-9-2-7-1-8(3-9)5-11(10,4-7)6-13/h7-10H,1-5H2. The Hall–Kier alpha value is -0.0300. The molecular weight excluding hydrogens is 226 g/mol. The van der Waals surface area contributed by atoms with Crippen molar-refractivity contribution in [1.29, 1.82) is 5.26 Å². The van der Waals surface area contributed by atoms with Gasteiger partial charge in [-0.3, -0.25) is 0 Å². The van der Waals surface area contributed by atoms with Crippen LogP contribution in [0.5, 0.6) is 0 Å². The molecule has 4 rings (SSSR count). The Morgan fingerprint density at radius 3 is 2.31 bits per heavy atom. The first-order valence-corrected chi connectivity index (χ1v) is 6.20. The number of hydrogen-bond donors (Lipinski definition) is 0. The van der Waals surface area contributed by atoms with E-state index >= 15 is 0 Å². The van der Waals surface area contributed by atoms with Crippen LogP contribution in [-0.4, -0.2) is 4.83 Å². The first-order chi connectivity index (χ1) is 6.23. The number of nitrogens with zero attached hydrogens (tertiary/aromatic N) is 1. The summed E-state index contributed by atoms with van der Waals surface area (Å²) in [7, 11) is 0. The van der Waals surface area contributed by atoms with Crippen LogP contribution in [0, 0.1) is 34.5 Å². The second-order valence-electron chi connectivity index (χ2n) is 5.28. The lowest BCUT2D eigenvalue weighted by atomic mass is 9.50. The Kier molecular flexibility index (Phi) is 1.60. The van der Waals surface area contributed by atoms with Gasteiger partial charge in [-0.1, -0.05) is 15.9 Å². The summed E-state index contributed by atoms with van der Waals surface area (Å²) in [5.41, 5.74) is 0.0226. The first-order valence-electron chi connectivity index (χ1n) is 5.29. The zero-order chi connectivity index (χ0) is 9.05. The molecule has 4 fully saturated rings. The van der Waals surface area contributed by atoms with Gasteiger partial charge in [0.1, 0.15) is 0 Å². The van der Waals surface area contributed by atoms with E-state index in [0.29, 0.717) is 4.83 Å². The topological polar surface area (TPSA) is 23.8 Å². The molecule has 4 aliphatic carbocycles. The maximum absolute atomic E-state index is 9.32. The smallest absolute Gasteiger partial charge is 0.0706 e. The van der Waals surface area contributed by atoms with Gasteiger partial charge in [0.15, 0.2) is 0 Å². The molecule has 70 valence electrons. The molecule has 1 nitrogen and oxygen atoms in total. The van der Waals surface area contributed by atoms with E-state index < -0.39 is 0 Å². The van der Waals surface area contributed by atoms with Crippen LogP contribution >= 0.6 is 15.9 Å². The van der Waals surface area contributed by atoms with Crippen molar-refractivity contribution in [1.82, 2.24) is 0 Å². The average molecular weight is 240 g/mol. The molecule has 0 radical (unpaired) electrons. The van der Waals surface area contributed by atoms with Crippen molar-refractivity contribution in [2.45, 2.75) is 36.9 Å². The third-order valence-electron chi connectivity index (χ3n) is 4.41. The van der Waals surface area contributed by atoms with E-state index in [1.54, 1.807) is 0 Å². The molecule has 4 aliphatic rings. The molecule has 0 saturated heterocycles. The van der Waals surface area contributed by atoms with E-state index in [-0.39, 0.29) is 5.41 Å². The number of hydrogen-bond acceptors (Lipinski definition) is 1. The number of alkyl halides is 1. The van der Waals surface area contributed by atoms with Gasteiger partial charge >= 0.3 is 0 Å². The SMILES string of the molecule is N#CC12CC3CC(CC(C3)C1Br)C2. The summed E-state index contributed by atoms with van der Waals surface area (Å²) in [5.74, 6) is 2.57. The summed E-state index contributed by atoms with van der Waals surface area (Å²) in [5, 5.41) is 9.32. The van der Waals surface area contributed by atoms with Crippen molar-refractivity contribution < 1.29 is 0 Å². The van der Waals surface area contributed by atoms with Crippen LogP contribution in [0.4, 0.5) is 0 Å². The average Bonchev–Trinajstić information content (AvgIpc) is 2.12. The largest absolute Gasteiger partial charge is 0.198 e. The second kappa shape index (κ2) is 2.51. The van der Waals surface area contributed by atoms with E-state index in [4.69, 9.17) is 0 Å². The normalized spacial score (nSPS) is 57.8. The van der Waals surface area contributed by atoms with Gasteiger partial charge in [0.2, 0.25) is 0 Å². The fourth-order valence-electron chi connectivity index (χ4n) is 4.13. The summed E-state index contributed by atoms with van der Waals surface area (Å²) < 4.78 is 0. The van der Waals surface area contributed by atoms with Gasteiger partial charge < -0.3 is 0 Å². The molecule has 2 heteroatoms. The Bertz CT molecular complexity index is 266. The molecule has 3 unspecified atom stereocenters. The molecule has 13 heavy (non-hydrogen) atoms. The fraction of sp³-hybridized carbons (Fsp3) is 0.909. The molecule has 3 atom stereocenters. The summed E-state index contributed by atoms with van der Waals surface area (Å²) in [4.78, 5) is 0.498. The van der Waals surface area contributed by atoms with Crippen LogP contribution in [0.2, 0.25) is 0 Å². The highest BCUT2D eigenvalue weighted by Gasteiger charge is 2.56. The van der Waals surface area contributed by atoms with E-state index in [0.717, 1.165) is 17.8 Å². The van der Waals surface area contributed by atoms with Crippen molar-refractivity contribution in [3.63, 3.8) is 0 Å². The van der Waals surface area contributed by atoms with Gasteiger partial charge in [0.05, 0.1) is 11.5 Å². The summed E-state index contributed by atoms with van der Waals surface area (Å²) in [6.07, 6.45) is 6.53. The van der Waals surface area contributed by atoms with Gasteiger partial charge in [-0.05, 0) is 49.9 Å². The van der Waals surface area contributed by atoms with Gasteiger partial charge in [-0.2, -0.15) is 5.26 Å². The molecule has 0 aromatic carbocycles. The maximum atomic E-state index is 9.32. The third kappa shape index (κ3) is 0.973. The molecule has 0 N–H and O–H groups in total. The highest BCUT2D eigenvalue weighted by atomic mass is 79.9. The molecule has 0 aromatic rings. The van der Waals surface area contributed by atoms with Crippen LogP contribution in [0.25, 0.3) is 0 Å². The predicted octanol–water partition coefficient (Wildman–Crippen LogP) is 3.10. The van der Waals surface area contributed by atoms with Crippen molar-refractivity contribution in [2.75, 3.05) is 0 Å². The zero-order valence-electron chi connectivity index (χ0n) is 7.67. The number of rotatable bonds is 0. The van der Waals surface area contributed by atoms with Gasteiger partial charge in [-0.15, -0.1) is 0 Å². The van der Waals surface area contributed by atoms with Crippen molar-refractivity contribution >= 4 is 15.9 Å². The Balaban J connectivity index is 2.01. The van der Waals surface area contributed by atoms with E-state index in [2.05, 4.69) is 22.0 Å². The summed E-state index contributed by atoms with van der Waals surface area (Å²) in [6, 6.07) is 2.61. The number of nitriles is 1. The molecule has 0 spiro atoms. The third-order valence-corrected chi connectivity index (χ3v) is 6.03. The quantitative estimate of drug-likeness (QED) is 0.597. The van der Waals surface area contributed by atoms with Gasteiger partial charge in [-0.25, -0.2) is 0 Å². The maximum Gasteiger partial charge on any atom is 0.0706 e. The highest BCUT2D eigenvalue weighted by Crippen LogP contribution is 2.61. The van der Waals surface area contributed by atoms with Crippen molar-refractivity contribution in [2.24, 2.45) is 23.2 Å². The van der Waals surface area contributed by atoms with Gasteiger partial charge in [0, 0.05) is 4.83 Å². The lowest BCUT2D eigenvalue weighted by Crippen LogP contribution is -2.52. The van der Waals surface area contributed by atoms with E-state index in [1.807, 2.05) is 0 Å². The van der Waals surface area contributed by atoms with Gasteiger partial charge in [0.25, 0.3) is 0 Å². The molecule has 4 saturated carbocycles. The van der Waals surface area contributed by atoms with Crippen LogP contribution in [-0.2, 0) is 0 Å². The summed E-state index contributed by atoms with van der Waals surface area (Å²) >= 11 is 3.77. The Labute approximate surface area is 87.6 Å². The Morgan fingerprint density at radius 2 is 1.77 bits per heavy atom. The minimum atomic E-state index is 0.0226. The first kappa shape index (κ1) is 8.29. The van der Waals surface area contributed by atoms with Crippen LogP contribution in [0.15, 0.2) is 0 Å². The molecule has 0 amide bonds. The minimum Gasteiger partial charge on any atom is -0.198 e. The minimum absolute atomic E-state index is 0.0226. The fourth-order valence-corrected chi connectivity index (χ4v) is 5.04. The molecule has 0 heterocycles. The van der Waals surface area contributed by atoms with E-state index in [1.165, 1.54) is 32.1 Å². The second-order valence-corrected chi connectivity index (χ2v) is 6.26. The number of halogens is 1. The predicted molar refractivity (Wildman–Crippen MR) is 54.3 cm³/mol. The zero-order valence-corrected chi connectivity index (χ0v) is 9.26.